The summed E-state index contributed by atoms with van der Waals surface area (Å²) in [5, 5.41) is 0. The highest BCUT2D eigenvalue weighted by Gasteiger charge is 2.29. The fourth-order valence-electron chi connectivity index (χ4n) is 2.25. The predicted molar refractivity (Wildman–Crippen MR) is 73.5 cm³/mol. The second-order valence-corrected chi connectivity index (χ2v) is 6.83. The summed E-state index contributed by atoms with van der Waals surface area (Å²) < 4.78 is 31.5. The first-order chi connectivity index (χ1) is 9.12. The molecule has 0 aromatic carbocycles. The van der Waals surface area contributed by atoms with Crippen molar-refractivity contribution < 1.29 is 13.2 Å². The van der Waals surface area contributed by atoms with Crippen LogP contribution in [0.1, 0.15) is 26.2 Å². The van der Waals surface area contributed by atoms with Gasteiger partial charge in [-0.3, -0.25) is 4.98 Å². The van der Waals surface area contributed by atoms with E-state index in [2.05, 4.69) is 4.98 Å². The largest absolute Gasteiger partial charge is 0.489 e. The fourth-order valence-corrected chi connectivity index (χ4v) is 3.82. The van der Waals surface area contributed by atoms with Crippen molar-refractivity contribution >= 4 is 10.0 Å². The van der Waals surface area contributed by atoms with Gasteiger partial charge in [-0.1, -0.05) is 6.92 Å². The molecule has 1 aromatic rings. The molecule has 2 heterocycles. The molecule has 0 bridgehead atoms. The van der Waals surface area contributed by atoms with Crippen LogP contribution in [0, 0.1) is 0 Å². The van der Waals surface area contributed by atoms with Gasteiger partial charge in [-0.25, -0.2) is 8.42 Å². The van der Waals surface area contributed by atoms with Gasteiger partial charge in [0.15, 0.2) is 0 Å². The highest BCUT2D eigenvalue weighted by Crippen LogP contribution is 2.20. The summed E-state index contributed by atoms with van der Waals surface area (Å²) in [5.74, 6) is 0.962. The molecule has 0 aliphatic carbocycles. The molecule has 1 aliphatic heterocycles. The molecule has 6 heteroatoms. The first-order valence-corrected chi connectivity index (χ1v) is 8.27. The Hall–Kier alpha value is -1.14. The predicted octanol–water partition coefficient (Wildman–Crippen LogP) is 1.66. The SMILES string of the molecule is CCCS(=O)(=O)N1CCCC(Oc2ccncc2)C1. The highest BCUT2D eigenvalue weighted by atomic mass is 32.2. The molecular weight excluding hydrogens is 264 g/mol. The molecule has 1 fully saturated rings. The Bertz CT molecular complexity index is 490. The van der Waals surface area contributed by atoms with Gasteiger partial charge in [0.05, 0.1) is 12.3 Å². The van der Waals surface area contributed by atoms with Crippen molar-refractivity contribution in [1.29, 1.82) is 0 Å². The second-order valence-electron chi connectivity index (χ2n) is 4.74. The van der Waals surface area contributed by atoms with Gasteiger partial charge in [0.2, 0.25) is 10.0 Å². The number of nitrogens with zero attached hydrogens (tertiary/aromatic N) is 2. The van der Waals surface area contributed by atoms with Crippen LogP contribution in [0.5, 0.6) is 5.75 Å². The number of rotatable bonds is 5. The van der Waals surface area contributed by atoms with Crippen LogP contribution in [0.4, 0.5) is 0 Å². The molecule has 1 atom stereocenters. The zero-order chi connectivity index (χ0) is 13.7. The number of aromatic nitrogens is 1. The van der Waals surface area contributed by atoms with E-state index >= 15 is 0 Å². The normalized spacial score (nSPS) is 21.2. The van der Waals surface area contributed by atoms with Crippen LogP contribution in [-0.2, 0) is 10.0 Å². The van der Waals surface area contributed by atoms with Crippen LogP contribution in [-0.4, -0.2) is 42.7 Å². The molecule has 0 spiro atoms. The highest BCUT2D eigenvalue weighted by molar-refractivity contribution is 7.89. The molecule has 5 nitrogen and oxygen atoms in total. The fraction of sp³-hybridized carbons (Fsp3) is 0.615. The number of sulfonamides is 1. The number of hydrogen-bond donors (Lipinski definition) is 0. The van der Waals surface area contributed by atoms with E-state index < -0.39 is 10.0 Å². The van der Waals surface area contributed by atoms with E-state index in [0.717, 1.165) is 18.6 Å². The van der Waals surface area contributed by atoms with Gasteiger partial charge in [-0.05, 0) is 31.4 Å². The smallest absolute Gasteiger partial charge is 0.214 e. The third-order valence-corrected chi connectivity index (χ3v) is 5.19. The average Bonchev–Trinajstić information content (AvgIpc) is 2.40. The van der Waals surface area contributed by atoms with Gasteiger partial charge in [-0.2, -0.15) is 4.31 Å². The van der Waals surface area contributed by atoms with Crippen LogP contribution in [0.25, 0.3) is 0 Å². The van der Waals surface area contributed by atoms with Crippen LogP contribution in [0.2, 0.25) is 0 Å². The van der Waals surface area contributed by atoms with E-state index in [0.29, 0.717) is 19.5 Å². The van der Waals surface area contributed by atoms with Crippen LogP contribution >= 0.6 is 0 Å². The summed E-state index contributed by atoms with van der Waals surface area (Å²) in [7, 11) is -3.12. The van der Waals surface area contributed by atoms with Gasteiger partial charge >= 0.3 is 0 Å². The Morgan fingerprint density at radius 2 is 2.16 bits per heavy atom. The van der Waals surface area contributed by atoms with Crippen molar-refractivity contribution in [3.05, 3.63) is 24.5 Å². The summed E-state index contributed by atoms with van der Waals surface area (Å²) in [6.07, 6.45) is 5.66. The number of pyridine rings is 1. The van der Waals surface area contributed by atoms with Crippen molar-refractivity contribution in [2.75, 3.05) is 18.8 Å². The van der Waals surface area contributed by atoms with Crippen molar-refractivity contribution in [3.8, 4) is 5.75 Å². The standard InChI is InChI=1S/C13H20N2O3S/c1-2-10-19(16,17)15-9-3-4-13(11-15)18-12-5-7-14-8-6-12/h5-8,13H,2-4,9-11H2,1H3. The summed E-state index contributed by atoms with van der Waals surface area (Å²) in [4.78, 5) is 3.93. The maximum absolute atomic E-state index is 12.0. The van der Waals surface area contributed by atoms with Crippen LogP contribution in [0.3, 0.4) is 0 Å². The second kappa shape index (κ2) is 6.34. The minimum Gasteiger partial charge on any atom is -0.489 e. The number of piperidine rings is 1. The lowest BCUT2D eigenvalue weighted by atomic mass is 10.1. The molecular formula is C13H20N2O3S. The molecule has 106 valence electrons. The number of ether oxygens (including phenoxy) is 1. The lowest BCUT2D eigenvalue weighted by molar-refractivity contribution is 0.129. The quantitative estimate of drug-likeness (QED) is 0.825. The molecule has 0 radical (unpaired) electrons. The van der Waals surface area contributed by atoms with Crippen LogP contribution in [0.15, 0.2) is 24.5 Å². The topological polar surface area (TPSA) is 59.5 Å². The molecule has 0 N–H and O–H groups in total. The monoisotopic (exact) mass is 284 g/mol. The first kappa shape index (κ1) is 14.3. The van der Waals surface area contributed by atoms with Crippen molar-refractivity contribution in [2.24, 2.45) is 0 Å². The number of hydrogen-bond acceptors (Lipinski definition) is 4. The van der Waals surface area contributed by atoms with E-state index in [-0.39, 0.29) is 11.9 Å². The van der Waals surface area contributed by atoms with E-state index in [1.165, 1.54) is 0 Å². The van der Waals surface area contributed by atoms with E-state index in [4.69, 9.17) is 4.74 Å². The molecule has 19 heavy (non-hydrogen) atoms. The molecule has 0 amide bonds. The maximum Gasteiger partial charge on any atom is 0.214 e. The Morgan fingerprint density at radius 3 is 2.84 bits per heavy atom. The summed E-state index contributed by atoms with van der Waals surface area (Å²) in [6.45, 7) is 2.94. The van der Waals surface area contributed by atoms with E-state index in [1.807, 2.05) is 6.92 Å². The minimum atomic E-state index is -3.12. The Morgan fingerprint density at radius 1 is 1.42 bits per heavy atom. The Balaban J connectivity index is 1.98. The third kappa shape index (κ3) is 3.91. The molecule has 1 saturated heterocycles. The van der Waals surface area contributed by atoms with Gasteiger partial charge in [0.1, 0.15) is 11.9 Å². The molecule has 0 saturated carbocycles. The summed E-state index contributed by atoms with van der Waals surface area (Å²) >= 11 is 0. The Kier molecular flexibility index (Phi) is 4.76. The molecule has 1 unspecified atom stereocenters. The van der Waals surface area contributed by atoms with E-state index in [1.54, 1.807) is 28.8 Å². The Labute approximate surface area is 114 Å². The van der Waals surface area contributed by atoms with E-state index in [9.17, 15) is 8.42 Å². The maximum atomic E-state index is 12.0. The molecule has 2 rings (SSSR count). The van der Waals surface area contributed by atoms with Crippen LogP contribution < -0.4 is 4.74 Å². The van der Waals surface area contributed by atoms with Gasteiger partial charge < -0.3 is 4.74 Å². The van der Waals surface area contributed by atoms with Gasteiger partial charge in [0.25, 0.3) is 0 Å². The zero-order valence-corrected chi connectivity index (χ0v) is 12.0. The summed E-state index contributed by atoms with van der Waals surface area (Å²) in [6, 6.07) is 3.58. The zero-order valence-electron chi connectivity index (χ0n) is 11.2. The molecule has 1 aliphatic rings. The van der Waals surface area contributed by atoms with Crippen molar-refractivity contribution in [2.45, 2.75) is 32.3 Å². The first-order valence-electron chi connectivity index (χ1n) is 6.66. The average molecular weight is 284 g/mol. The summed E-state index contributed by atoms with van der Waals surface area (Å²) in [5.41, 5.74) is 0. The molecule has 1 aromatic heterocycles. The van der Waals surface area contributed by atoms with Gasteiger partial charge in [0, 0.05) is 18.9 Å². The van der Waals surface area contributed by atoms with Crippen molar-refractivity contribution in [3.63, 3.8) is 0 Å². The lowest BCUT2D eigenvalue weighted by Crippen LogP contribution is -2.45. The third-order valence-electron chi connectivity index (χ3n) is 3.15. The minimum absolute atomic E-state index is 0.0669. The lowest BCUT2D eigenvalue weighted by Gasteiger charge is -2.32. The van der Waals surface area contributed by atoms with Crippen molar-refractivity contribution in [1.82, 2.24) is 9.29 Å². The van der Waals surface area contributed by atoms with Gasteiger partial charge in [-0.15, -0.1) is 0 Å².